The molecular weight excluding hydrogens is 382 g/mol. The average Bonchev–Trinajstić information content (AvgIpc) is 2.90. The van der Waals surface area contributed by atoms with Crippen molar-refractivity contribution in [3.63, 3.8) is 0 Å². The predicted molar refractivity (Wildman–Crippen MR) is 104 cm³/mol. The number of rotatable bonds is 4. The Hall–Kier alpha value is -3.14. The van der Waals surface area contributed by atoms with Crippen LogP contribution in [0.5, 0.6) is 5.88 Å². The van der Waals surface area contributed by atoms with Gasteiger partial charge in [0.15, 0.2) is 4.77 Å². The summed E-state index contributed by atoms with van der Waals surface area (Å²) >= 11 is 5.05. The molecule has 1 aromatic heterocycles. The lowest BCUT2D eigenvalue weighted by atomic mass is 10.1. The van der Waals surface area contributed by atoms with Gasteiger partial charge in [0.2, 0.25) is 11.6 Å². The summed E-state index contributed by atoms with van der Waals surface area (Å²) in [6.07, 6.45) is 0. The van der Waals surface area contributed by atoms with Crippen LogP contribution in [0.3, 0.4) is 0 Å². The average molecular weight is 401 g/mol. The fourth-order valence-corrected chi connectivity index (χ4v) is 3.11. The van der Waals surface area contributed by atoms with E-state index in [4.69, 9.17) is 12.2 Å². The summed E-state index contributed by atoms with van der Waals surface area (Å²) in [6.45, 7) is 4.11. The number of imide groups is 1. The van der Waals surface area contributed by atoms with Gasteiger partial charge in [-0.2, -0.15) is 0 Å². The van der Waals surface area contributed by atoms with E-state index in [-0.39, 0.29) is 39.1 Å². The molecule has 10 heteroatoms. The quantitative estimate of drug-likeness (QED) is 0.481. The summed E-state index contributed by atoms with van der Waals surface area (Å²) in [5.41, 5.74) is -0.412. The van der Waals surface area contributed by atoms with E-state index in [1.165, 1.54) is 29.6 Å². The number of fused-ring (bicyclic) bond motifs is 1. The molecule has 0 spiro atoms. The first-order chi connectivity index (χ1) is 13.1. The zero-order valence-corrected chi connectivity index (χ0v) is 16.6. The number of hydrogen-bond donors (Lipinski definition) is 1. The Labute approximate surface area is 165 Å². The van der Waals surface area contributed by atoms with Gasteiger partial charge >= 0.3 is 0 Å². The molecule has 146 valence electrons. The van der Waals surface area contributed by atoms with E-state index in [0.717, 1.165) is 4.57 Å². The fraction of sp³-hybridized carbons (Fsp3) is 0.333. The van der Waals surface area contributed by atoms with Crippen LogP contribution in [-0.2, 0) is 14.1 Å². The summed E-state index contributed by atoms with van der Waals surface area (Å²) in [7, 11) is 2.94. The van der Waals surface area contributed by atoms with E-state index in [2.05, 4.69) is 10.2 Å². The number of azo groups is 1. The number of amides is 2. The van der Waals surface area contributed by atoms with Crippen LogP contribution in [0.25, 0.3) is 0 Å². The van der Waals surface area contributed by atoms with Crippen molar-refractivity contribution in [3.8, 4) is 5.88 Å². The van der Waals surface area contributed by atoms with Crippen LogP contribution in [-0.4, -0.2) is 37.5 Å². The van der Waals surface area contributed by atoms with E-state index in [9.17, 15) is 19.5 Å². The zero-order valence-electron chi connectivity index (χ0n) is 15.8. The minimum absolute atomic E-state index is 0.115. The Morgan fingerprint density at radius 1 is 1.07 bits per heavy atom. The summed E-state index contributed by atoms with van der Waals surface area (Å²) < 4.78 is 2.49. The largest absolute Gasteiger partial charge is 0.493 e. The van der Waals surface area contributed by atoms with Crippen molar-refractivity contribution < 1.29 is 14.7 Å². The molecule has 0 saturated carbocycles. The Morgan fingerprint density at radius 2 is 1.75 bits per heavy atom. The van der Waals surface area contributed by atoms with Crippen molar-refractivity contribution >= 4 is 35.4 Å². The SMILES string of the molecule is CC(C)CN1C(=O)c2cccc(N=Nc3c(O)n(C)c(=S)n(C)c3=O)c2C1=O. The summed E-state index contributed by atoms with van der Waals surface area (Å²) in [5, 5.41) is 18.0. The number of hydrogen-bond acceptors (Lipinski definition) is 7. The molecule has 1 aliphatic rings. The van der Waals surface area contributed by atoms with Crippen LogP contribution in [0.15, 0.2) is 33.2 Å². The topological polar surface area (TPSA) is 109 Å². The third-order valence-corrected chi connectivity index (χ3v) is 4.94. The minimum atomic E-state index is -0.624. The number of aromatic nitrogens is 2. The third kappa shape index (κ3) is 3.05. The van der Waals surface area contributed by atoms with Gasteiger partial charge in [-0.1, -0.05) is 19.9 Å². The van der Waals surface area contributed by atoms with E-state index >= 15 is 0 Å². The third-order valence-electron chi connectivity index (χ3n) is 4.39. The monoisotopic (exact) mass is 401 g/mol. The fourth-order valence-electron chi connectivity index (χ4n) is 2.94. The van der Waals surface area contributed by atoms with Gasteiger partial charge in [0.05, 0.1) is 16.8 Å². The van der Waals surface area contributed by atoms with E-state index < -0.39 is 17.3 Å². The maximum atomic E-state index is 12.7. The number of benzene rings is 1. The second-order valence-electron chi connectivity index (χ2n) is 6.89. The Balaban J connectivity index is 2.09. The number of nitrogens with zero attached hydrogens (tertiary/aromatic N) is 5. The normalized spacial score (nSPS) is 13.8. The molecule has 2 aromatic rings. The Kier molecular flexibility index (Phi) is 4.99. The highest BCUT2D eigenvalue weighted by atomic mass is 32.1. The second kappa shape index (κ2) is 7.12. The summed E-state index contributed by atoms with van der Waals surface area (Å²) in [5.74, 6) is -1.16. The highest BCUT2D eigenvalue weighted by molar-refractivity contribution is 7.71. The number of aromatic hydroxyl groups is 1. The molecule has 2 amide bonds. The molecule has 0 radical (unpaired) electrons. The Bertz CT molecular complexity index is 1150. The van der Waals surface area contributed by atoms with Crippen molar-refractivity contribution in [1.29, 1.82) is 0 Å². The second-order valence-corrected chi connectivity index (χ2v) is 7.26. The molecule has 1 aliphatic heterocycles. The van der Waals surface area contributed by atoms with Crippen molar-refractivity contribution in [2.75, 3.05) is 6.54 Å². The molecule has 0 fully saturated rings. The van der Waals surface area contributed by atoms with Crippen LogP contribution in [0.2, 0.25) is 0 Å². The maximum absolute atomic E-state index is 12.7. The van der Waals surface area contributed by atoms with Crippen molar-refractivity contribution in [2.24, 2.45) is 30.2 Å². The predicted octanol–water partition coefficient (Wildman–Crippen LogP) is 2.83. The van der Waals surface area contributed by atoms with Gasteiger partial charge in [0.1, 0.15) is 0 Å². The smallest absolute Gasteiger partial charge is 0.285 e. The van der Waals surface area contributed by atoms with Gasteiger partial charge in [-0.15, -0.1) is 10.2 Å². The lowest BCUT2D eigenvalue weighted by Crippen LogP contribution is -2.33. The number of carbonyl (C=O) groups excluding carboxylic acids is 2. The zero-order chi connectivity index (χ0) is 20.7. The van der Waals surface area contributed by atoms with Gasteiger partial charge in [0, 0.05) is 20.6 Å². The Morgan fingerprint density at radius 3 is 2.39 bits per heavy atom. The van der Waals surface area contributed by atoms with Crippen LogP contribution >= 0.6 is 12.2 Å². The van der Waals surface area contributed by atoms with Crippen molar-refractivity contribution in [2.45, 2.75) is 13.8 Å². The lowest BCUT2D eigenvalue weighted by Gasteiger charge is -2.15. The van der Waals surface area contributed by atoms with E-state index in [0.29, 0.717) is 6.54 Å². The minimum Gasteiger partial charge on any atom is -0.493 e. The molecule has 1 aromatic carbocycles. The van der Waals surface area contributed by atoms with Crippen molar-refractivity contribution in [1.82, 2.24) is 14.0 Å². The van der Waals surface area contributed by atoms with Gasteiger partial charge in [0.25, 0.3) is 17.4 Å². The van der Waals surface area contributed by atoms with Crippen LogP contribution < -0.4 is 5.56 Å². The first-order valence-electron chi connectivity index (χ1n) is 8.55. The molecule has 9 nitrogen and oxygen atoms in total. The summed E-state index contributed by atoms with van der Waals surface area (Å²) in [6, 6.07) is 4.66. The van der Waals surface area contributed by atoms with Crippen LogP contribution in [0.1, 0.15) is 34.6 Å². The standard InChI is InChI=1S/C18H19N5O4S/c1-9(2)8-23-14(24)10-6-5-7-11(12(10)15(23)25)19-20-13-16(26)21(3)18(28)22(4)17(13)27/h5-7,9,26H,8H2,1-4H3. The van der Waals surface area contributed by atoms with Crippen molar-refractivity contribution in [3.05, 3.63) is 44.5 Å². The molecule has 2 heterocycles. The molecule has 0 saturated heterocycles. The molecular formula is C18H19N5O4S. The molecule has 0 aliphatic carbocycles. The molecule has 28 heavy (non-hydrogen) atoms. The molecule has 0 unspecified atom stereocenters. The van der Waals surface area contributed by atoms with E-state index in [1.807, 2.05) is 13.8 Å². The molecule has 0 bridgehead atoms. The van der Waals surface area contributed by atoms with Crippen LogP contribution in [0, 0.1) is 10.7 Å². The first-order valence-corrected chi connectivity index (χ1v) is 8.95. The molecule has 0 atom stereocenters. The van der Waals surface area contributed by atoms with Gasteiger partial charge < -0.3 is 5.11 Å². The van der Waals surface area contributed by atoms with Gasteiger partial charge in [-0.3, -0.25) is 28.4 Å². The highest BCUT2D eigenvalue weighted by Crippen LogP contribution is 2.33. The van der Waals surface area contributed by atoms with Gasteiger partial charge in [-0.05, 0) is 30.3 Å². The van der Waals surface area contributed by atoms with Crippen LogP contribution in [0.4, 0.5) is 11.4 Å². The van der Waals surface area contributed by atoms with Gasteiger partial charge in [-0.25, -0.2) is 0 Å². The van der Waals surface area contributed by atoms with E-state index in [1.54, 1.807) is 12.1 Å². The summed E-state index contributed by atoms with van der Waals surface area (Å²) in [4.78, 5) is 38.8. The first kappa shape index (κ1) is 19.6. The molecule has 1 N–H and O–H groups in total. The maximum Gasteiger partial charge on any atom is 0.285 e. The number of carbonyl (C=O) groups is 2. The lowest BCUT2D eigenvalue weighted by molar-refractivity contribution is 0.0636. The molecule has 3 rings (SSSR count). The highest BCUT2D eigenvalue weighted by Gasteiger charge is 2.37.